The predicted molar refractivity (Wildman–Crippen MR) is 77.6 cm³/mol. The third-order valence-electron chi connectivity index (χ3n) is 3.40. The first-order valence-corrected chi connectivity index (χ1v) is 6.55. The number of carboxylic acid groups (broad SMARTS) is 1. The second kappa shape index (κ2) is 5.88. The van der Waals surface area contributed by atoms with Gasteiger partial charge in [-0.2, -0.15) is 0 Å². The van der Waals surface area contributed by atoms with Crippen molar-refractivity contribution in [3.05, 3.63) is 71.8 Å². The Hall–Kier alpha value is -2.13. The van der Waals surface area contributed by atoms with Gasteiger partial charge in [0.2, 0.25) is 0 Å². The molecule has 0 amide bonds. The minimum Gasteiger partial charge on any atom is -0.481 e. The number of aliphatic hydroxyl groups is 1. The van der Waals surface area contributed by atoms with Gasteiger partial charge in [-0.3, -0.25) is 4.79 Å². The van der Waals surface area contributed by atoms with Crippen LogP contribution in [-0.4, -0.2) is 21.8 Å². The average molecular weight is 270 g/mol. The maximum absolute atomic E-state index is 11.0. The summed E-state index contributed by atoms with van der Waals surface area (Å²) in [5.74, 6) is -1.38. The van der Waals surface area contributed by atoms with Crippen molar-refractivity contribution < 1.29 is 15.0 Å². The van der Waals surface area contributed by atoms with E-state index in [0.29, 0.717) is 0 Å². The third kappa shape index (κ3) is 3.25. The van der Waals surface area contributed by atoms with Gasteiger partial charge in [-0.15, -0.1) is 0 Å². The standard InChI is InChI=1S/C17H18O3/c1-17(20,12-15(18)19)16(13-8-4-2-5-9-13)14-10-6-3-7-11-14/h2-11,16,20H,12H2,1H3,(H,18,19). The fourth-order valence-corrected chi connectivity index (χ4v) is 2.61. The van der Waals surface area contributed by atoms with E-state index >= 15 is 0 Å². The Balaban J connectivity index is 2.48. The van der Waals surface area contributed by atoms with Gasteiger partial charge in [-0.05, 0) is 18.1 Å². The molecule has 0 spiro atoms. The fourth-order valence-electron chi connectivity index (χ4n) is 2.61. The SMILES string of the molecule is CC(O)(CC(=O)O)C(c1ccccc1)c1ccccc1. The van der Waals surface area contributed by atoms with Crippen molar-refractivity contribution in [3.8, 4) is 0 Å². The summed E-state index contributed by atoms with van der Waals surface area (Å²) in [6, 6.07) is 19.0. The van der Waals surface area contributed by atoms with E-state index in [0.717, 1.165) is 11.1 Å². The first-order chi connectivity index (χ1) is 9.50. The van der Waals surface area contributed by atoms with Crippen molar-refractivity contribution >= 4 is 5.97 Å². The highest BCUT2D eigenvalue weighted by Crippen LogP contribution is 2.36. The van der Waals surface area contributed by atoms with Crippen LogP contribution in [-0.2, 0) is 4.79 Å². The molecule has 0 radical (unpaired) electrons. The lowest BCUT2D eigenvalue weighted by Gasteiger charge is -2.32. The highest BCUT2D eigenvalue weighted by atomic mass is 16.4. The summed E-state index contributed by atoms with van der Waals surface area (Å²) in [6.45, 7) is 1.58. The number of aliphatic carboxylic acids is 1. The third-order valence-corrected chi connectivity index (χ3v) is 3.40. The van der Waals surface area contributed by atoms with Crippen LogP contribution in [0.15, 0.2) is 60.7 Å². The minimum atomic E-state index is -1.35. The molecule has 2 N–H and O–H groups in total. The summed E-state index contributed by atoms with van der Waals surface area (Å²) in [5.41, 5.74) is 0.462. The summed E-state index contributed by atoms with van der Waals surface area (Å²) in [5, 5.41) is 19.7. The topological polar surface area (TPSA) is 57.5 Å². The summed E-state index contributed by atoms with van der Waals surface area (Å²) >= 11 is 0. The van der Waals surface area contributed by atoms with Crippen LogP contribution in [0, 0.1) is 0 Å². The van der Waals surface area contributed by atoms with Crippen molar-refractivity contribution in [2.75, 3.05) is 0 Å². The molecule has 0 aliphatic heterocycles. The normalized spacial score (nSPS) is 13.9. The van der Waals surface area contributed by atoms with Crippen LogP contribution in [0.4, 0.5) is 0 Å². The van der Waals surface area contributed by atoms with E-state index in [1.54, 1.807) is 6.92 Å². The molecule has 1 atom stereocenters. The molecule has 2 aromatic carbocycles. The van der Waals surface area contributed by atoms with Gasteiger partial charge in [0.1, 0.15) is 0 Å². The predicted octanol–water partition coefficient (Wildman–Crippen LogP) is 3.04. The summed E-state index contributed by atoms with van der Waals surface area (Å²) in [6.07, 6.45) is -0.304. The number of hydrogen-bond donors (Lipinski definition) is 2. The molecule has 104 valence electrons. The second-order valence-corrected chi connectivity index (χ2v) is 5.18. The van der Waals surface area contributed by atoms with Gasteiger partial charge < -0.3 is 10.2 Å². The maximum Gasteiger partial charge on any atom is 0.306 e. The van der Waals surface area contributed by atoms with Crippen LogP contribution in [0.25, 0.3) is 0 Å². The quantitative estimate of drug-likeness (QED) is 0.878. The van der Waals surface area contributed by atoms with Crippen LogP contribution in [0.3, 0.4) is 0 Å². The maximum atomic E-state index is 11.0. The smallest absolute Gasteiger partial charge is 0.306 e. The van der Waals surface area contributed by atoms with Crippen LogP contribution in [0.2, 0.25) is 0 Å². The molecule has 0 fully saturated rings. The molecular weight excluding hydrogens is 252 g/mol. The second-order valence-electron chi connectivity index (χ2n) is 5.18. The van der Waals surface area contributed by atoms with Crippen molar-refractivity contribution in [2.24, 2.45) is 0 Å². The number of carboxylic acids is 1. The monoisotopic (exact) mass is 270 g/mol. The van der Waals surface area contributed by atoms with Crippen LogP contribution in [0.5, 0.6) is 0 Å². The lowest BCUT2D eigenvalue weighted by molar-refractivity contribution is -0.142. The molecule has 1 unspecified atom stereocenters. The van der Waals surface area contributed by atoms with E-state index < -0.39 is 11.6 Å². The number of rotatable bonds is 5. The van der Waals surface area contributed by atoms with Gasteiger partial charge in [0.15, 0.2) is 0 Å². The average Bonchev–Trinajstić information content (AvgIpc) is 2.39. The molecule has 0 saturated heterocycles. The summed E-state index contributed by atoms with van der Waals surface area (Å²) < 4.78 is 0. The minimum absolute atomic E-state index is 0.304. The van der Waals surface area contributed by atoms with Crippen LogP contribution in [0.1, 0.15) is 30.4 Å². The van der Waals surface area contributed by atoms with Crippen molar-refractivity contribution in [1.82, 2.24) is 0 Å². The molecule has 0 aromatic heterocycles. The van der Waals surface area contributed by atoms with Gasteiger partial charge >= 0.3 is 5.97 Å². The molecule has 0 saturated carbocycles. The zero-order valence-electron chi connectivity index (χ0n) is 11.4. The van der Waals surface area contributed by atoms with E-state index in [1.807, 2.05) is 60.7 Å². The Morgan fingerprint density at radius 3 is 1.75 bits per heavy atom. The van der Waals surface area contributed by atoms with Gasteiger partial charge in [0.05, 0.1) is 12.0 Å². The zero-order chi connectivity index (χ0) is 14.6. The van der Waals surface area contributed by atoms with E-state index in [2.05, 4.69) is 0 Å². The highest BCUT2D eigenvalue weighted by Gasteiger charge is 2.36. The zero-order valence-corrected chi connectivity index (χ0v) is 11.4. The van der Waals surface area contributed by atoms with E-state index in [-0.39, 0.29) is 12.3 Å². The lowest BCUT2D eigenvalue weighted by atomic mass is 9.77. The molecule has 0 aliphatic rings. The van der Waals surface area contributed by atoms with Crippen LogP contribution >= 0.6 is 0 Å². The molecule has 3 nitrogen and oxygen atoms in total. The van der Waals surface area contributed by atoms with Crippen LogP contribution < -0.4 is 0 Å². The van der Waals surface area contributed by atoms with Crippen molar-refractivity contribution in [3.63, 3.8) is 0 Å². The number of hydrogen-bond acceptors (Lipinski definition) is 2. The van der Waals surface area contributed by atoms with E-state index in [4.69, 9.17) is 5.11 Å². The number of benzene rings is 2. The number of carbonyl (C=O) groups is 1. The summed E-state index contributed by atoms with van der Waals surface area (Å²) in [4.78, 5) is 11.0. The van der Waals surface area contributed by atoms with Gasteiger partial charge in [0.25, 0.3) is 0 Å². The Bertz CT molecular complexity index is 522. The molecule has 0 aliphatic carbocycles. The summed E-state index contributed by atoms with van der Waals surface area (Å²) in [7, 11) is 0. The van der Waals surface area contributed by atoms with E-state index in [9.17, 15) is 9.90 Å². The molecule has 20 heavy (non-hydrogen) atoms. The molecule has 2 rings (SSSR count). The van der Waals surface area contributed by atoms with Crippen molar-refractivity contribution in [2.45, 2.75) is 24.9 Å². The molecular formula is C17H18O3. The molecule has 0 heterocycles. The van der Waals surface area contributed by atoms with Gasteiger partial charge in [0, 0.05) is 5.92 Å². The Labute approximate surface area is 118 Å². The van der Waals surface area contributed by atoms with E-state index in [1.165, 1.54) is 0 Å². The first-order valence-electron chi connectivity index (χ1n) is 6.55. The van der Waals surface area contributed by atoms with Gasteiger partial charge in [-0.1, -0.05) is 60.7 Å². The lowest BCUT2D eigenvalue weighted by Crippen LogP contribution is -2.36. The molecule has 3 heteroatoms. The fraction of sp³-hybridized carbons (Fsp3) is 0.235. The molecule has 2 aromatic rings. The Morgan fingerprint density at radius 2 is 1.40 bits per heavy atom. The van der Waals surface area contributed by atoms with Crippen molar-refractivity contribution in [1.29, 1.82) is 0 Å². The Kier molecular flexibility index (Phi) is 4.20. The largest absolute Gasteiger partial charge is 0.481 e. The van der Waals surface area contributed by atoms with Gasteiger partial charge in [-0.25, -0.2) is 0 Å². The Morgan fingerprint density at radius 1 is 1.00 bits per heavy atom. The first kappa shape index (κ1) is 14.3. The molecule has 0 bridgehead atoms. The highest BCUT2D eigenvalue weighted by molar-refractivity contribution is 5.68.